The lowest BCUT2D eigenvalue weighted by Crippen LogP contribution is -2.06. The lowest BCUT2D eigenvalue weighted by molar-refractivity contribution is -0.114. The van der Waals surface area contributed by atoms with Crippen LogP contribution >= 0.6 is 11.8 Å². The molecule has 0 radical (unpaired) electrons. The number of pyridine rings is 1. The minimum atomic E-state index is -0.437. The summed E-state index contributed by atoms with van der Waals surface area (Å²) in [6.45, 7) is 4.18. The van der Waals surface area contributed by atoms with Crippen LogP contribution in [0.1, 0.15) is 19.4 Å². The number of nitrogens with one attached hydrogen (secondary N) is 1. The molecule has 0 bridgehead atoms. The Morgan fingerprint density at radius 1 is 1.17 bits per heavy atom. The van der Waals surface area contributed by atoms with E-state index < -0.39 is 5.63 Å². The molecule has 9 heteroatoms. The number of nitrogens with zero attached hydrogens (tertiary/aromatic N) is 4. The van der Waals surface area contributed by atoms with Crippen molar-refractivity contribution in [3.63, 3.8) is 0 Å². The van der Waals surface area contributed by atoms with E-state index in [1.807, 2.05) is 29.7 Å². The summed E-state index contributed by atoms with van der Waals surface area (Å²) in [4.78, 5) is 27.4. The molecular formula is C21H19N5O3S. The van der Waals surface area contributed by atoms with Crippen LogP contribution in [-0.4, -0.2) is 25.7 Å². The fourth-order valence-corrected chi connectivity index (χ4v) is 4.16. The summed E-state index contributed by atoms with van der Waals surface area (Å²) < 4.78 is 7.36. The van der Waals surface area contributed by atoms with Gasteiger partial charge < -0.3 is 14.3 Å². The van der Waals surface area contributed by atoms with Crippen molar-refractivity contribution >= 4 is 34.3 Å². The Morgan fingerprint density at radius 2 is 1.97 bits per heavy atom. The van der Waals surface area contributed by atoms with Crippen molar-refractivity contribution in [2.75, 3.05) is 5.32 Å². The number of amides is 1. The summed E-state index contributed by atoms with van der Waals surface area (Å²) in [5.74, 6) is 1.11. The van der Waals surface area contributed by atoms with Crippen LogP contribution in [0.4, 0.5) is 5.69 Å². The van der Waals surface area contributed by atoms with Gasteiger partial charge in [-0.3, -0.25) is 9.78 Å². The highest BCUT2D eigenvalue weighted by atomic mass is 32.2. The van der Waals surface area contributed by atoms with Crippen molar-refractivity contribution in [2.45, 2.75) is 31.3 Å². The average Bonchev–Trinajstić information content (AvgIpc) is 3.14. The van der Waals surface area contributed by atoms with Crippen LogP contribution in [0, 0.1) is 0 Å². The van der Waals surface area contributed by atoms with Crippen molar-refractivity contribution in [3.8, 4) is 11.4 Å². The number of hydrogen-bond acceptors (Lipinski definition) is 7. The number of carbonyl (C=O) groups excluding carboxylic acids is 1. The highest BCUT2D eigenvalue weighted by Crippen LogP contribution is 2.29. The second-order valence-electron chi connectivity index (χ2n) is 6.56. The topological polar surface area (TPSA) is 103 Å². The van der Waals surface area contributed by atoms with Crippen molar-refractivity contribution in [1.29, 1.82) is 0 Å². The number of anilines is 1. The zero-order valence-corrected chi connectivity index (χ0v) is 17.3. The predicted octanol–water partition coefficient (Wildman–Crippen LogP) is 3.72. The summed E-state index contributed by atoms with van der Waals surface area (Å²) >= 11 is 1.50. The maximum absolute atomic E-state index is 12.1. The normalized spacial score (nSPS) is 11.0. The highest BCUT2D eigenvalue weighted by Gasteiger charge is 2.15. The lowest BCUT2D eigenvalue weighted by atomic mass is 10.1. The molecule has 0 aliphatic carbocycles. The van der Waals surface area contributed by atoms with Crippen LogP contribution in [0.5, 0.6) is 0 Å². The predicted molar refractivity (Wildman–Crippen MR) is 115 cm³/mol. The molecule has 1 amide bonds. The number of fused-ring (bicyclic) bond motifs is 1. The van der Waals surface area contributed by atoms with E-state index in [0.717, 1.165) is 27.5 Å². The molecule has 1 N–H and O–H groups in total. The molecule has 0 aliphatic rings. The van der Waals surface area contributed by atoms with Crippen LogP contribution < -0.4 is 10.9 Å². The van der Waals surface area contributed by atoms with Gasteiger partial charge >= 0.3 is 5.63 Å². The van der Waals surface area contributed by atoms with Crippen LogP contribution in [0.2, 0.25) is 0 Å². The maximum Gasteiger partial charge on any atom is 0.336 e. The first-order chi connectivity index (χ1) is 14.5. The van der Waals surface area contributed by atoms with Crippen molar-refractivity contribution in [3.05, 3.63) is 64.8 Å². The molecule has 4 rings (SSSR count). The molecular weight excluding hydrogens is 402 g/mol. The summed E-state index contributed by atoms with van der Waals surface area (Å²) in [5.41, 5.74) is 2.35. The summed E-state index contributed by atoms with van der Waals surface area (Å²) in [6.07, 6.45) is 3.45. The van der Waals surface area contributed by atoms with E-state index in [9.17, 15) is 9.59 Å². The van der Waals surface area contributed by atoms with Gasteiger partial charge in [-0.05, 0) is 36.8 Å². The smallest absolute Gasteiger partial charge is 0.336 e. The standard InChI is InChI=1S/C21H19N5O3S/c1-3-26-20(14-6-8-22-9-7-14)24-25-21(26)30-12-15-10-19(28)29-18-11-16(23-13(2)27)4-5-17(15)18/h4-11H,3,12H2,1-2H3,(H,23,27). The first-order valence-electron chi connectivity index (χ1n) is 9.36. The largest absolute Gasteiger partial charge is 0.423 e. The molecule has 0 fully saturated rings. The van der Waals surface area contributed by atoms with Crippen molar-refractivity contribution in [2.24, 2.45) is 0 Å². The molecule has 1 aromatic carbocycles. The van der Waals surface area contributed by atoms with Gasteiger partial charge in [-0.15, -0.1) is 10.2 Å². The molecule has 3 aromatic heterocycles. The zero-order chi connectivity index (χ0) is 21.1. The zero-order valence-electron chi connectivity index (χ0n) is 16.5. The Balaban J connectivity index is 1.63. The molecule has 0 aliphatic heterocycles. The number of rotatable bonds is 6. The van der Waals surface area contributed by atoms with Gasteiger partial charge in [0.15, 0.2) is 11.0 Å². The van der Waals surface area contributed by atoms with E-state index in [1.165, 1.54) is 24.8 Å². The lowest BCUT2D eigenvalue weighted by Gasteiger charge is -2.09. The number of hydrogen-bond donors (Lipinski definition) is 1. The summed E-state index contributed by atoms with van der Waals surface area (Å²) in [5, 5.41) is 12.9. The quantitative estimate of drug-likeness (QED) is 0.374. The molecule has 0 saturated heterocycles. The van der Waals surface area contributed by atoms with E-state index in [-0.39, 0.29) is 5.91 Å². The second kappa shape index (κ2) is 8.50. The maximum atomic E-state index is 12.1. The number of carbonyl (C=O) groups is 1. The van der Waals surface area contributed by atoms with Crippen LogP contribution in [0.25, 0.3) is 22.4 Å². The molecule has 3 heterocycles. The molecule has 0 unspecified atom stereocenters. The first-order valence-corrected chi connectivity index (χ1v) is 10.3. The number of aromatic nitrogens is 4. The molecule has 0 saturated carbocycles. The van der Waals surface area contributed by atoms with Gasteiger partial charge in [0.1, 0.15) is 5.58 Å². The fourth-order valence-electron chi connectivity index (χ4n) is 3.17. The van der Waals surface area contributed by atoms with E-state index in [0.29, 0.717) is 23.6 Å². The Labute approximate surface area is 176 Å². The van der Waals surface area contributed by atoms with Crippen molar-refractivity contribution in [1.82, 2.24) is 19.7 Å². The van der Waals surface area contributed by atoms with Gasteiger partial charge in [0.2, 0.25) is 5.91 Å². The molecule has 0 spiro atoms. The van der Waals surface area contributed by atoms with E-state index in [4.69, 9.17) is 4.42 Å². The van der Waals surface area contributed by atoms with Gasteiger partial charge in [-0.1, -0.05) is 11.8 Å². The van der Waals surface area contributed by atoms with Crippen LogP contribution in [0.15, 0.2) is 63.2 Å². The molecule has 0 atom stereocenters. The second-order valence-corrected chi connectivity index (χ2v) is 7.50. The highest BCUT2D eigenvalue weighted by molar-refractivity contribution is 7.98. The Hall–Kier alpha value is -3.46. The third-order valence-electron chi connectivity index (χ3n) is 4.48. The monoisotopic (exact) mass is 421 g/mol. The van der Waals surface area contributed by atoms with E-state index in [1.54, 1.807) is 24.5 Å². The summed E-state index contributed by atoms with van der Waals surface area (Å²) in [6, 6.07) is 10.6. The molecule has 152 valence electrons. The minimum absolute atomic E-state index is 0.188. The molecule has 8 nitrogen and oxygen atoms in total. The Kier molecular flexibility index (Phi) is 5.62. The number of thioether (sulfide) groups is 1. The Bertz CT molecular complexity index is 1270. The van der Waals surface area contributed by atoms with Gasteiger partial charge in [0.25, 0.3) is 0 Å². The van der Waals surface area contributed by atoms with Gasteiger partial charge in [0, 0.05) is 60.4 Å². The molecule has 30 heavy (non-hydrogen) atoms. The Morgan fingerprint density at radius 3 is 2.70 bits per heavy atom. The van der Waals surface area contributed by atoms with Gasteiger partial charge in [0.05, 0.1) is 0 Å². The van der Waals surface area contributed by atoms with Crippen LogP contribution in [0.3, 0.4) is 0 Å². The van der Waals surface area contributed by atoms with Gasteiger partial charge in [-0.2, -0.15) is 0 Å². The van der Waals surface area contributed by atoms with E-state index >= 15 is 0 Å². The molecule has 4 aromatic rings. The van der Waals surface area contributed by atoms with Crippen LogP contribution in [-0.2, 0) is 17.1 Å². The van der Waals surface area contributed by atoms with Crippen molar-refractivity contribution < 1.29 is 9.21 Å². The minimum Gasteiger partial charge on any atom is -0.423 e. The SMILES string of the molecule is CCn1c(SCc2cc(=O)oc3cc(NC(C)=O)ccc23)nnc1-c1ccncc1. The average molecular weight is 421 g/mol. The third-order valence-corrected chi connectivity index (χ3v) is 5.49. The number of benzene rings is 1. The van der Waals surface area contributed by atoms with Gasteiger partial charge in [-0.25, -0.2) is 4.79 Å². The third kappa shape index (κ3) is 4.11. The van der Waals surface area contributed by atoms with E-state index in [2.05, 4.69) is 20.5 Å². The first kappa shape index (κ1) is 19.8. The fraction of sp³-hybridized carbons (Fsp3) is 0.190. The summed E-state index contributed by atoms with van der Waals surface area (Å²) in [7, 11) is 0.